The smallest absolute Gasteiger partial charge is 0.161 e. The highest BCUT2D eigenvalue weighted by Gasteiger charge is 2.10. The molecule has 96 valence electrons. The fraction of sp³-hybridized carbons (Fsp3) is 0.357. The van der Waals surface area contributed by atoms with E-state index in [4.69, 9.17) is 4.74 Å². The third-order valence-corrected chi connectivity index (χ3v) is 2.71. The zero-order chi connectivity index (χ0) is 12.8. The van der Waals surface area contributed by atoms with Crippen LogP contribution in [0.2, 0.25) is 0 Å². The summed E-state index contributed by atoms with van der Waals surface area (Å²) in [7, 11) is 0. The van der Waals surface area contributed by atoms with E-state index < -0.39 is 6.29 Å². The molecule has 0 fully saturated rings. The summed E-state index contributed by atoms with van der Waals surface area (Å²) in [6, 6.07) is 10.2. The van der Waals surface area contributed by atoms with Crippen LogP contribution >= 0.6 is 0 Å². The molecule has 0 amide bonds. The summed E-state index contributed by atoms with van der Waals surface area (Å²) >= 11 is 0. The van der Waals surface area contributed by atoms with Crippen LogP contribution in [0.4, 0.5) is 0 Å². The molecule has 4 heteroatoms. The predicted molar refractivity (Wildman–Crippen MR) is 69.1 cm³/mol. The number of aliphatic hydroxyl groups is 1. The molecular weight excluding hydrogens is 228 g/mol. The number of rotatable bonds is 6. The molecule has 1 heterocycles. The second-order valence-corrected chi connectivity index (χ2v) is 4.07. The van der Waals surface area contributed by atoms with Gasteiger partial charge in [-0.05, 0) is 12.5 Å². The first-order chi connectivity index (χ1) is 8.79. The first-order valence-electron chi connectivity index (χ1n) is 6.13. The average molecular weight is 246 g/mol. The molecule has 2 rings (SSSR count). The van der Waals surface area contributed by atoms with E-state index in [0.717, 1.165) is 12.4 Å². The SMILES string of the molecule is CCOC(O)Cc1nccn1Cc1ccccc1. The second kappa shape index (κ2) is 6.33. The third-order valence-electron chi connectivity index (χ3n) is 2.71. The molecule has 1 aromatic heterocycles. The quantitative estimate of drug-likeness (QED) is 0.791. The fourth-order valence-corrected chi connectivity index (χ4v) is 1.86. The van der Waals surface area contributed by atoms with Gasteiger partial charge in [0.2, 0.25) is 0 Å². The number of aromatic nitrogens is 2. The third kappa shape index (κ3) is 3.42. The Kier molecular flexibility index (Phi) is 4.50. The number of ether oxygens (including phenoxy) is 1. The zero-order valence-electron chi connectivity index (χ0n) is 10.5. The van der Waals surface area contributed by atoms with Crippen molar-refractivity contribution < 1.29 is 9.84 Å². The Labute approximate surface area is 107 Å². The van der Waals surface area contributed by atoms with E-state index in [2.05, 4.69) is 17.1 Å². The molecule has 0 aliphatic rings. The van der Waals surface area contributed by atoms with Crippen LogP contribution in [-0.2, 0) is 17.7 Å². The van der Waals surface area contributed by atoms with Crippen LogP contribution in [0.5, 0.6) is 0 Å². The molecule has 1 atom stereocenters. The van der Waals surface area contributed by atoms with Crippen molar-refractivity contribution in [3.05, 3.63) is 54.1 Å². The van der Waals surface area contributed by atoms with E-state index in [9.17, 15) is 5.11 Å². The summed E-state index contributed by atoms with van der Waals surface area (Å²) in [5, 5.41) is 9.64. The van der Waals surface area contributed by atoms with Crippen LogP contribution in [0.25, 0.3) is 0 Å². The minimum absolute atomic E-state index is 0.410. The number of benzene rings is 1. The van der Waals surface area contributed by atoms with Gasteiger partial charge in [-0.15, -0.1) is 0 Å². The summed E-state index contributed by atoms with van der Waals surface area (Å²) in [5.74, 6) is 0.833. The van der Waals surface area contributed by atoms with Gasteiger partial charge in [-0.25, -0.2) is 4.98 Å². The monoisotopic (exact) mass is 246 g/mol. The molecule has 1 N–H and O–H groups in total. The summed E-state index contributed by atoms with van der Waals surface area (Å²) in [6.07, 6.45) is 3.29. The van der Waals surface area contributed by atoms with Crippen LogP contribution in [0.15, 0.2) is 42.7 Å². The minimum atomic E-state index is -0.785. The highest BCUT2D eigenvalue weighted by atomic mass is 16.6. The van der Waals surface area contributed by atoms with Gasteiger partial charge >= 0.3 is 0 Å². The van der Waals surface area contributed by atoms with Crippen molar-refractivity contribution in [3.8, 4) is 0 Å². The van der Waals surface area contributed by atoms with Crippen molar-refractivity contribution in [1.29, 1.82) is 0 Å². The molecule has 0 saturated heterocycles. The van der Waals surface area contributed by atoms with Crippen molar-refractivity contribution in [2.75, 3.05) is 6.61 Å². The Balaban J connectivity index is 2.04. The zero-order valence-corrected chi connectivity index (χ0v) is 10.5. The van der Waals surface area contributed by atoms with Gasteiger partial charge in [0.05, 0.1) is 6.42 Å². The van der Waals surface area contributed by atoms with Gasteiger partial charge in [0.15, 0.2) is 6.29 Å². The lowest BCUT2D eigenvalue weighted by molar-refractivity contribution is -0.0941. The fourth-order valence-electron chi connectivity index (χ4n) is 1.86. The van der Waals surface area contributed by atoms with Crippen LogP contribution < -0.4 is 0 Å². The van der Waals surface area contributed by atoms with Gasteiger partial charge in [-0.1, -0.05) is 30.3 Å². The highest BCUT2D eigenvalue weighted by Crippen LogP contribution is 2.07. The standard InChI is InChI=1S/C14H18N2O2/c1-2-18-14(17)10-13-15-8-9-16(13)11-12-6-4-3-5-7-12/h3-9,14,17H,2,10-11H2,1H3. The van der Waals surface area contributed by atoms with Crippen molar-refractivity contribution in [3.63, 3.8) is 0 Å². The van der Waals surface area contributed by atoms with Crippen molar-refractivity contribution >= 4 is 0 Å². The molecule has 0 bridgehead atoms. The molecule has 0 radical (unpaired) electrons. The Morgan fingerprint density at radius 3 is 2.83 bits per heavy atom. The summed E-state index contributed by atoms with van der Waals surface area (Å²) in [6.45, 7) is 3.12. The van der Waals surface area contributed by atoms with Gasteiger partial charge < -0.3 is 14.4 Å². The average Bonchev–Trinajstić information content (AvgIpc) is 2.78. The molecule has 0 aliphatic heterocycles. The van der Waals surface area contributed by atoms with E-state index in [0.29, 0.717) is 13.0 Å². The van der Waals surface area contributed by atoms with Crippen molar-refractivity contribution in [2.45, 2.75) is 26.2 Å². The van der Waals surface area contributed by atoms with E-state index in [1.165, 1.54) is 5.56 Å². The van der Waals surface area contributed by atoms with Gasteiger partial charge in [0.25, 0.3) is 0 Å². The molecule has 4 nitrogen and oxygen atoms in total. The maximum atomic E-state index is 9.64. The van der Waals surface area contributed by atoms with Crippen molar-refractivity contribution in [2.24, 2.45) is 0 Å². The number of hydrogen-bond donors (Lipinski definition) is 1. The van der Waals surface area contributed by atoms with Gasteiger partial charge in [0, 0.05) is 25.5 Å². The molecule has 0 spiro atoms. The summed E-state index contributed by atoms with van der Waals surface area (Å²) in [5.41, 5.74) is 1.21. The van der Waals surface area contributed by atoms with Crippen molar-refractivity contribution in [1.82, 2.24) is 9.55 Å². The first-order valence-corrected chi connectivity index (χ1v) is 6.13. The second-order valence-electron chi connectivity index (χ2n) is 4.07. The van der Waals surface area contributed by atoms with E-state index >= 15 is 0 Å². The Morgan fingerprint density at radius 2 is 2.11 bits per heavy atom. The highest BCUT2D eigenvalue weighted by molar-refractivity contribution is 5.15. The maximum Gasteiger partial charge on any atom is 0.161 e. The summed E-state index contributed by atoms with van der Waals surface area (Å²) < 4.78 is 7.15. The largest absolute Gasteiger partial charge is 0.368 e. The summed E-state index contributed by atoms with van der Waals surface area (Å²) in [4.78, 5) is 4.26. The van der Waals surface area contributed by atoms with Gasteiger partial charge in [0.1, 0.15) is 5.82 Å². The van der Waals surface area contributed by atoms with Crippen LogP contribution in [0.3, 0.4) is 0 Å². The molecular formula is C14H18N2O2. The lowest BCUT2D eigenvalue weighted by Crippen LogP contribution is -2.18. The van der Waals surface area contributed by atoms with Crippen LogP contribution in [0.1, 0.15) is 18.3 Å². The Morgan fingerprint density at radius 1 is 1.33 bits per heavy atom. The lowest BCUT2D eigenvalue weighted by atomic mass is 10.2. The maximum absolute atomic E-state index is 9.64. The normalized spacial score (nSPS) is 12.6. The van der Waals surface area contributed by atoms with Crippen LogP contribution in [-0.4, -0.2) is 27.6 Å². The molecule has 1 unspecified atom stereocenters. The molecule has 2 aromatic rings. The van der Waals surface area contributed by atoms with E-state index in [1.807, 2.05) is 35.9 Å². The van der Waals surface area contributed by atoms with Gasteiger partial charge in [-0.3, -0.25) is 0 Å². The lowest BCUT2D eigenvalue weighted by Gasteiger charge is -2.12. The predicted octanol–water partition coefficient (Wildman–Crippen LogP) is 1.83. The Bertz CT molecular complexity index is 468. The molecule has 0 saturated carbocycles. The number of hydrogen-bond acceptors (Lipinski definition) is 3. The molecule has 18 heavy (non-hydrogen) atoms. The van der Waals surface area contributed by atoms with Gasteiger partial charge in [-0.2, -0.15) is 0 Å². The topological polar surface area (TPSA) is 47.3 Å². The van der Waals surface area contributed by atoms with E-state index in [-0.39, 0.29) is 0 Å². The molecule has 1 aromatic carbocycles. The number of nitrogens with zero attached hydrogens (tertiary/aromatic N) is 2. The number of imidazole rings is 1. The first kappa shape index (κ1) is 12.8. The van der Waals surface area contributed by atoms with Crippen LogP contribution in [0, 0.1) is 0 Å². The Hall–Kier alpha value is -1.65. The molecule has 0 aliphatic carbocycles. The minimum Gasteiger partial charge on any atom is -0.368 e. The van der Waals surface area contributed by atoms with E-state index in [1.54, 1.807) is 6.20 Å². The number of aliphatic hydroxyl groups excluding tert-OH is 1.